The fourth-order valence-corrected chi connectivity index (χ4v) is 2.88. The second-order valence-corrected chi connectivity index (χ2v) is 5.39. The van der Waals surface area contributed by atoms with Crippen LogP contribution >= 0.6 is 0 Å². The number of nitrogens with zero attached hydrogens (tertiary/aromatic N) is 1. The van der Waals surface area contributed by atoms with Crippen molar-refractivity contribution in [3.63, 3.8) is 0 Å². The lowest BCUT2D eigenvalue weighted by atomic mass is 9.96. The number of benzene rings is 1. The van der Waals surface area contributed by atoms with Crippen molar-refractivity contribution in [3.05, 3.63) is 23.8 Å². The van der Waals surface area contributed by atoms with Crippen molar-refractivity contribution in [3.8, 4) is 5.75 Å². The molecule has 19 heavy (non-hydrogen) atoms. The molecule has 0 bridgehead atoms. The minimum Gasteiger partial charge on any atom is -0.479 e. The van der Waals surface area contributed by atoms with Crippen LogP contribution in [0.15, 0.2) is 18.2 Å². The summed E-state index contributed by atoms with van der Waals surface area (Å²) in [6.45, 7) is 2.86. The smallest absolute Gasteiger partial charge is 0.267 e. The molecule has 102 valence electrons. The van der Waals surface area contributed by atoms with Crippen molar-refractivity contribution in [2.45, 2.75) is 38.3 Å². The van der Waals surface area contributed by atoms with Crippen molar-refractivity contribution in [1.29, 1.82) is 0 Å². The Bertz CT molecular complexity index is 495. The third-order valence-electron chi connectivity index (χ3n) is 4.04. The van der Waals surface area contributed by atoms with E-state index in [1.165, 1.54) is 18.4 Å². The van der Waals surface area contributed by atoms with Crippen LogP contribution < -0.4 is 15.0 Å². The molecule has 0 radical (unpaired) electrons. The maximum absolute atomic E-state index is 12.0. The topological polar surface area (TPSA) is 41.6 Å². The molecule has 1 saturated heterocycles. The third-order valence-corrected chi connectivity index (χ3v) is 4.04. The minimum atomic E-state index is -0.392. The monoisotopic (exact) mass is 260 g/mol. The van der Waals surface area contributed by atoms with Gasteiger partial charge >= 0.3 is 0 Å². The summed E-state index contributed by atoms with van der Waals surface area (Å²) in [5, 5.41) is 3.53. The van der Waals surface area contributed by atoms with E-state index in [1.807, 2.05) is 13.1 Å². The highest BCUT2D eigenvalue weighted by molar-refractivity contribution is 5.99. The largest absolute Gasteiger partial charge is 0.479 e. The average Bonchev–Trinajstić information content (AvgIpc) is 2.46. The molecule has 4 heteroatoms. The fourth-order valence-electron chi connectivity index (χ4n) is 2.88. The standard InChI is InChI=1S/C15H20N2O2/c1-10-15(18)17(2)13-9-11(6-7-14(13)19-10)12-5-3-4-8-16-12/h6-7,9-10,12,16H,3-5,8H2,1-2H3. The highest BCUT2D eigenvalue weighted by Crippen LogP contribution is 2.36. The first-order chi connectivity index (χ1) is 9.16. The first kappa shape index (κ1) is 12.5. The van der Waals surface area contributed by atoms with Crippen molar-refractivity contribution in [2.75, 3.05) is 18.5 Å². The molecule has 1 aromatic carbocycles. The predicted molar refractivity (Wildman–Crippen MR) is 74.5 cm³/mol. The summed E-state index contributed by atoms with van der Waals surface area (Å²) >= 11 is 0. The third kappa shape index (κ3) is 2.21. The van der Waals surface area contributed by atoms with Crippen LogP contribution in [0, 0.1) is 0 Å². The van der Waals surface area contributed by atoms with Gasteiger partial charge in [-0.25, -0.2) is 0 Å². The summed E-state index contributed by atoms with van der Waals surface area (Å²) in [7, 11) is 1.82. The average molecular weight is 260 g/mol. The van der Waals surface area contributed by atoms with E-state index < -0.39 is 6.10 Å². The lowest BCUT2D eigenvalue weighted by Crippen LogP contribution is -2.42. The van der Waals surface area contributed by atoms with Gasteiger partial charge in [0.1, 0.15) is 5.75 Å². The van der Waals surface area contributed by atoms with Gasteiger partial charge in [-0.05, 0) is 44.0 Å². The zero-order chi connectivity index (χ0) is 13.4. The van der Waals surface area contributed by atoms with Gasteiger partial charge in [-0.3, -0.25) is 4.79 Å². The van der Waals surface area contributed by atoms with Crippen molar-refractivity contribution >= 4 is 11.6 Å². The van der Waals surface area contributed by atoms with Crippen LogP contribution in [0.4, 0.5) is 5.69 Å². The lowest BCUT2D eigenvalue weighted by Gasteiger charge is -2.32. The molecule has 2 aliphatic heterocycles. The first-order valence-corrected chi connectivity index (χ1v) is 6.98. The number of amides is 1. The summed E-state index contributed by atoms with van der Waals surface area (Å²) in [6.07, 6.45) is 3.28. The van der Waals surface area contributed by atoms with Gasteiger partial charge in [-0.15, -0.1) is 0 Å². The molecule has 0 saturated carbocycles. The second kappa shape index (κ2) is 4.85. The number of carbonyl (C=O) groups is 1. The Labute approximate surface area is 113 Å². The number of anilines is 1. The summed E-state index contributed by atoms with van der Waals surface area (Å²) in [5.41, 5.74) is 2.13. The maximum Gasteiger partial charge on any atom is 0.267 e. The molecule has 2 aliphatic rings. The molecular formula is C15H20N2O2. The zero-order valence-corrected chi connectivity index (χ0v) is 11.5. The second-order valence-electron chi connectivity index (χ2n) is 5.39. The zero-order valence-electron chi connectivity index (χ0n) is 11.5. The summed E-state index contributed by atoms with van der Waals surface area (Å²) in [4.78, 5) is 13.7. The van der Waals surface area contributed by atoms with Gasteiger partial charge in [0.2, 0.25) is 0 Å². The van der Waals surface area contributed by atoms with E-state index in [0.29, 0.717) is 6.04 Å². The van der Waals surface area contributed by atoms with Crippen LogP contribution in [0.2, 0.25) is 0 Å². The summed E-state index contributed by atoms with van der Waals surface area (Å²) in [6, 6.07) is 6.59. The van der Waals surface area contributed by atoms with E-state index >= 15 is 0 Å². The van der Waals surface area contributed by atoms with Gasteiger partial charge in [-0.1, -0.05) is 12.5 Å². The number of hydrogen-bond donors (Lipinski definition) is 1. The highest BCUT2D eigenvalue weighted by atomic mass is 16.5. The van der Waals surface area contributed by atoms with Gasteiger partial charge in [0, 0.05) is 13.1 Å². The molecule has 1 fully saturated rings. The molecule has 2 heterocycles. The maximum atomic E-state index is 12.0. The quantitative estimate of drug-likeness (QED) is 0.842. The van der Waals surface area contributed by atoms with E-state index in [2.05, 4.69) is 17.4 Å². The molecule has 0 aliphatic carbocycles. The highest BCUT2D eigenvalue weighted by Gasteiger charge is 2.29. The van der Waals surface area contributed by atoms with E-state index in [9.17, 15) is 4.79 Å². The molecule has 2 atom stereocenters. The molecule has 1 aromatic rings. The SMILES string of the molecule is CC1Oc2ccc(C3CCCCN3)cc2N(C)C1=O. The molecule has 4 nitrogen and oxygen atoms in total. The number of likely N-dealkylation sites (N-methyl/N-ethyl adjacent to an activating group) is 1. The summed E-state index contributed by atoms with van der Waals surface area (Å²) < 4.78 is 5.65. The van der Waals surface area contributed by atoms with Crippen molar-refractivity contribution in [1.82, 2.24) is 5.32 Å². The normalized spacial score (nSPS) is 26.8. The van der Waals surface area contributed by atoms with Crippen molar-refractivity contribution < 1.29 is 9.53 Å². The molecule has 0 aromatic heterocycles. The molecule has 2 unspecified atom stereocenters. The van der Waals surface area contributed by atoms with E-state index in [-0.39, 0.29) is 5.91 Å². The Hall–Kier alpha value is -1.55. The number of nitrogens with one attached hydrogen (secondary N) is 1. The molecule has 0 spiro atoms. The first-order valence-electron chi connectivity index (χ1n) is 6.98. The van der Waals surface area contributed by atoms with E-state index in [1.54, 1.807) is 11.8 Å². The van der Waals surface area contributed by atoms with Crippen LogP contribution in [-0.2, 0) is 4.79 Å². The van der Waals surface area contributed by atoms with Crippen LogP contribution in [0.3, 0.4) is 0 Å². The number of ether oxygens (including phenoxy) is 1. The van der Waals surface area contributed by atoms with Gasteiger partial charge < -0.3 is 15.0 Å². The van der Waals surface area contributed by atoms with Gasteiger partial charge in [-0.2, -0.15) is 0 Å². The Morgan fingerprint density at radius 1 is 1.37 bits per heavy atom. The number of fused-ring (bicyclic) bond motifs is 1. The Balaban J connectivity index is 1.92. The number of carbonyl (C=O) groups excluding carboxylic acids is 1. The number of hydrogen-bond acceptors (Lipinski definition) is 3. The lowest BCUT2D eigenvalue weighted by molar-refractivity contribution is -0.125. The molecule has 1 amide bonds. The molecule has 3 rings (SSSR count). The van der Waals surface area contributed by atoms with Crippen LogP contribution in [0.5, 0.6) is 5.75 Å². The Morgan fingerprint density at radius 2 is 2.21 bits per heavy atom. The number of piperidine rings is 1. The van der Waals surface area contributed by atoms with Gasteiger partial charge in [0.05, 0.1) is 5.69 Å². The van der Waals surface area contributed by atoms with Crippen LogP contribution in [-0.4, -0.2) is 25.6 Å². The van der Waals surface area contributed by atoms with Gasteiger partial charge in [0.15, 0.2) is 6.10 Å². The fraction of sp³-hybridized carbons (Fsp3) is 0.533. The predicted octanol–water partition coefficient (Wildman–Crippen LogP) is 2.24. The van der Waals surface area contributed by atoms with E-state index in [4.69, 9.17) is 4.74 Å². The van der Waals surface area contributed by atoms with Crippen LogP contribution in [0.25, 0.3) is 0 Å². The van der Waals surface area contributed by atoms with Gasteiger partial charge in [0.25, 0.3) is 5.91 Å². The van der Waals surface area contributed by atoms with Crippen LogP contribution in [0.1, 0.15) is 37.8 Å². The number of rotatable bonds is 1. The Morgan fingerprint density at radius 3 is 2.95 bits per heavy atom. The minimum absolute atomic E-state index is 0.0150. The molecule has 1 N–H and O–H groups in total. The molecular weight excluding hydrogens is 240 g/mol. The Kier molecular flexibility index (Phi) is 3.19. The summed E-state index contributed by atoms with van der Waals surface area (Å²) in [5.74, 6) is 0.815. The van der Waals surface area contributed by atoms with E-state index in [0.717, 1.165) is 24.4 Å². The van der Waals surface area contributed by atoms with Crippen molar-refractivity contribution in [2.24, 2.45) is 0 Å².